The molecule has 3 N–H and O–H groups in total. The zero-order chi connectivity index (χ0) is 26.8. The van der Waals surface area contributed by atoms with Gasteiger partial charge in [-0.05, 0) is 75.4 Å². The molecular formula is C35H31N3O. The van der Waals surface area contributed by atoms with Crippen LogP contribution < -0.4 is 21.5 Å². The van der Waals surface area contributed by atoms with Crippen molar-refractivity contribution in [2.24, 2.45) is 4.99 Å². The third kappa shape index (κ3) is 4.82. The number of aliphatic imine (C=N–C) groups is 1. The van der Waals surface area contributed by atoms with E-state index < -0.39 is 0 Å². The van der Waals surface area contributed by atoms with Crippen molar-refractivity contribution in [1.29, 1.82) is 0 Å². The zero-order valence-corrected chi connectivity index (χ0v) is 22.0. The first-order valence-electron chi connectivity index (χ1n) is 13.5. The van der Waals surface area contributed by atoms with Crippen LogP contribution >= 0.6 is 0 Å². The summed E-state index contributed by atoms with van der Waals surface area (Å²) in [5.41, 5.74) is 13.1. The monoisotopic (exact) mass is 509 g/mol. The molecule has 0 saturated heterocycles. The summed E-state index contributed by atoms with van der Waals surface area (Å²) < 4.78 is 0. The maximum atomic E-state index is 13.3. The molecule has 4 aromatic rings. The Kier molecular flexibility index (Phi) is 6.68. The maximum Gasteiger partial charge on any atom is 0.189 e. The summed E-state index contributed by atoms with van der Waals surface area (Å²) in [6.07, 6.45) is 10.5. The van der Waals surface area contributed by atoms with E-state index in [1.165, 1.54) is 26.8 Å². The molecule has 1 atom stereocenters. The molecular weight excluding hydrogens is 478 g/mol. The summed E-state index contributed by atoms with van der Waals surface area (Å²) in [6, 6.07) is 28.3. The molecule has 0 aromatic heterocycles. The highest BCUT2D eigenvalue weighted by molar-refractivity contribution is 6.24. The first kappa shape index (κ1) is 24.6. The van der Waals surface area contributed by atoms with Crippen molar-refractivity contribution < 1.29 is 4.79 Å². The predicted octanol–water partition coefficient (Wildman–Crippen LogP) is 5.83. The molecule has 1 unspecified atom stereocenters. The molecule has 0 bridgehead atoms. The summed E-state index contributed by atoms with van der Waals surface area (Å²) in [7, 11) is 0. The SMILES string of the molecule is C1=CNc2ccccc2C=N1.CC1CCC(C(=O)c2cccc(N)c2)=c2ccc3c(c21)CC=c1ccccc1=3. The molecule has 0 saturated carbocycles. The lowest BCUT2D eigenvalue weighted by atomic mass is 9.78. The third-order valence-corrected chi connectivity index (χ3v) is 7.78. The fourth-order valence-corrected chi connectivity index (χ4v) is 5.86. The van der Waals surface area contributed by atoms with E-state index in [1.54, 1.807) is 12.3 Å². The van der Waals surface area contributed by atoms with Gasteiger partial charge in [0.2, 0.25) is 0 Å². The van der Waals surface area contributed by atoms with Gasteiger partial charge in [-0.15, -0.1) is 0 Å². The molecule has 39 heavy (non-hydrogen) atoms. The largest absolute Gasteiger partial charge is 0.399 e. The number of Topliss-reactive ketones (excluding diaryl/α,β-unsaturated/α-hetero) is 1. The van der Waals surface area contributed by atoms with Crippen molar-refractivity contribution >= 4 is 35.0 Å². The van der Waals surface area contributed by atoms with Gasteiger partial charge in [-0.1, -0.05) is 79.7 Å². The number of nitrogens with zero attached hydrogens (tertiary/aromatic N) is 1. The Morgan fingerprint density at radius 3 is 2.64 bits per heavy atom. The minimum absolute atomic E-state index is 0.112. The van der Waals surface area contributed by atoms with Crippen LogP contribution in [0.1, 0.15) is 52.7 Å². The number of hydrogen-bond donors (Lipinski definition) is 2. The van der Waals surface area contributed by atoms with Crippen LogP contribution in [0.4, 0.5) is 11.4 Å². The Balaban J connectivity index is 0.000000210. The maximum absolute atomic E-state index is 13.3. The molecule has 0 fully saturated rings. The van der Waals surface area contributed by atoms with Gasteiger partial charge in [-0.2, -0.15) is 0 Å². The second-order valence-corrected chi connectivity index (χ2v) is 10.2. The number of hydrogen-bond acceptors (Lipinski definition) is 4. The van der Waals surface area contributed by atoms with Crippen molar-refractivity contribution in [3.63, 3.8) is 0 Å². The van der Waals surface area contributed by atoms with Crippen LogP contribution in [0, 0.1) is 10.4 Å². The smallest absolute Gasteiger partial charge is 0.189 e. The quantitative estimate of drug-likeness (QED) is 0.264. The van der Waals surface area contributed by atoms with Gasteiger partial charge in [0.1, 0.15) is 0 Å². The molecule has 4 nitrogen and oxygen atoms in total. The minimum Gasteiger partial charge on any atom is -0.399 e. The molecule has 3 aliphatic rings. The van der Waals surface area contributed by atoms with Gasteiger partial charge in [-0.25, -0.2) is 0 Å². The van der Waals surface area contributed by atoms with Gasteiger partial charge in [0.25, 0.3) is 0 Å². The van der Waals surface area contributed by atoms with Crippen LogP contribution in [-0.2, 0) is 6.42 Å². The van der Waals surface area contributed by atoms with Crippen LogP contribution in [0.3, 0.4) is 0 Å². The highest BCUT2D eigenvalue weighted by atomic mass is 16.1. The molecule has 0 radical (unpaired) electrons. The molecule has 4 heteroatoms. The van der Waals surface area contributed by atoms with E-state index in [4.69, 9.17) is 5.73 Å². The van der Waals surface area contributed by atoms with Crippen LogP contribution in [0.25, 0.3) is 11.6 Å². The Morgan fingerprint density at radius 2 is 1.74 bits per heavy atom. The first-order valence-corrected chi connectivity index (χ1v) is 13.5. The van der Waals surface area contributed by atoms with E-state index in [2.05, 4.69) is 59.7 Å². The van der Waals surface area contributed by atoms with Gasteiger partial charge >= 0.3 is 0 Å². The standard InChI is InChI=1S/C26H23NO.C9H8N2/c1-16-9-11-24(26(28)18-6-4-7-19(27)15-18)23-14-13-21-20-8-3-2-5-17(20)10-12-22(21)25(16)23;1-2-4-9-8(3-1)7-10-5-6-11-9/h2-8,10,13-16H,9,11-12,27H2,1H3;1-7,11H. The zero-order valence-electron chi connectivity index (χ0n) is 22.0. The summed E-state index contributed by atoms with van der Waals surface area (Å²) in [6.45, 7) is 2.29. The van der Waals surface area contributed by atoms with Gasteiger partial charge in [0.15, 0.2) is 5.78 Å². The van der Waals surface area contributed by atoms with Crippen molar-refractivity contribution in [1.82, 2.24) is 0 Å². The van der Waals surface area contributed by atoms with E-state index in [-0.39, 0.29) is 5.78 Å². The van der Waals surface area contributed by atoms with Crippen molar-refractivity contribution in [3.8, 4) is 0 Å². The van der Waals surface area contributed by atoms with E-state index >= 15 is 0 Å². The lowest BCUT2D eigenvalue weighted by Gasteiger charge is -2.25. The number of anilines is 2. The summed E-state index contributed by atoms with van der Waals surface area (Å²) in [5.74, 6) is 0.571. The van der Waals surface area contributed by atoms with Gasteiger partial charge < -0.3 is 11.1 Å². The predicted molar refractivity (Wildman–Crippen MR) is 161 cm³/mol. The first-order chi connectivity index (χ1) is 19.1. The Labute approximate surface area is 228 Å². The number of ketones is 1. The fourth-order valence-electron chi connectivity index (χ4n) is 5.86. The van der Waals surface area contributed by atoms with Gasteiger partial charge in [0, 0.05) is 46.7 Å². The van der Waals surface area contributed by atoms with E-state index in [0.717, 1.165) is 41.3 Å². The fraction of sp³-hybridized carbons (Fsp3) is 0.143. The van der Waals surface area contributed by atoms with E-state index in [9.17, 15) is 4.79 Å². The minimum atomic E-state index is 0.112. The van der Waals surface area contributed by atoms with Crippen LogP contribution in [0.2, 0.25) is 0 Å². The van der Waals surface area contributed by atoms with Crippen LogP contribution in [-0.4, -0.2) is 12.0 Å². The number of nitrogen functional groups attached to an aromatic ring is 1. The van der Waals surface area contributed by atoms with Gasteiger partial charge in [-0.3, -0.25) is 9.79 Å². The van der Waals surface area contributed by atoms with Crippen LogP contribution in [0.15, 0.2) is 102 Å². The number of nitrogens with one attached hydrogen (secondary N) is 1. The van der Waals surface area contributed by atoms with Crippen LogP contribution in [0.5, 0.6) is 0 Å². The second-order valence-electron chi connectivity index (χ2n) is 10.2. The summed E-state index contributed by atoms with van der Waals surface area (Å²) in [5, 5.41) is 8.18. The molecule has 1 heterocycles. The molecule has 0 amide bonds. The lowest BCUT2D eigenvalue weighted by Crippen LogP contribution is -2.27. The lowest BCUT2D eigenvalue weighted by molar-refractivity contribution is 0.105. The molecule has 0 spiro atoms. The number of para-hydroxylation sites is 1. The normalized spacial score (nSPS) is 16.1. The number of benzene rings is 4. The van der Waals surface area contributed by atoms with Gasteiger partial charge in [0.05, 0.1) is 0 Å². The molecule has 2 aliphatic carbocycles. The van der Waals surface area contributed by atoms with Crippen molar-refractivity contribution in [2.75, 3.05) is 11.1 Å². The van der Waals surface area contributed by atoms with Crippen molar-refractivity contribution in [2.45, 2.75) is 32.1 Å². The van der Waals surface area contributed by atoms with E-state index in [0.29, 0.717) is 17.2 Å². The molecule has 192 valence electrons. The summed E-state index contributed by atoms with van der Waals surface area (Å²) in [4.78, 5) is 17.3. The number of fused-ring (bicyclic) bond motifs is 5. The highest BCUT2D eigenvalue weighted by Gasteiger charge is 2.24. The molecule has 4 aromatic carbocycles. The Hall–Kier alpha value is -4.70. The second kappa shape index (κ2) is 10.6. The number of rotatable bonds is 2. The molecule has 7 rings (SSSR count). The Bertz CT molecular complexity index is 1870. The Morgan fingerprint density at radius 1 is 0.923 bits per heavy atom. The third-order valence-electron chi connectivity index (χ3n) is 7.78. The summed E-state index contributed by atoms with van der Waals surface area (Å²) >= 11 is 0. The number of carbonyl (C=O) groups is 1. The molecule has 1 aliphatic heterocycles. The number of nitrogens with two attached hydrogens (primary N) is 1. The van der Waals surface area contributed by atoms with Crippen molar-refractivity contribution in [3.05, 3.63) is 140 Å². The van der Waals surface area contributed by atoms with E-state index in [1.807, 2.05) is 54.9 Å². The number of carbonyl (C=O) groups excluding carboxylic acids is 1. The highest BCUT2D eigenvalue weighted by Crippen LogP contribution is 2.31. The topological polar surface area (TPSA) is 67.5 Å². The average molecular weight is 510 g/mol. The average Bonchev–Trinajstić information content (AvgIpc) is 3.23.